The van der Waals surface area contributed by atoms with Crippen molar-refractivity contribution in [3.05, 3.63) is 23.4 Å². The lowest BCUT2D eigenvalue weighted by Gasteiger charge is -2.10. The molecule has 0 bridgehead atoms. The van der Waals surface area contributed by atoms with Crippen molar-refractivity contribution in [3.63, 3.8) is 0 Å². The summed E-state index contributed by atoms with van der Waals surface area (Å²) in [6.07, 6.45) is -3.16. The number of hydrogen-bond acceptors (Lipinski definition) is 4. The van der Waals surface area contributed by atoms with Gasteiger partial charge in [0.25, 0.3) is 0 Å². The SMILES string of the molecule is CSc1cc(C(=O)[O-])cc(C(F)(F)F)n1. The number of nitrogens with zero attached hydrogens (tertiary/aromatic N) is 1. The van der Waals surface area contributed by atoms with E-state index in [-0.39, 0.29) is 5.03 Å². The van der Waals surface area contributed by atoms with Gasteiger partial charge in [-0.05, 0) is 18.4 Å². The van der Waals surface area contributed by atoms with Crippen LogP contribution in [0.1, 0.15) is 16.1 Å². The van der Waals surface area contributed by atoms with Crippen molar-refractivity contribution in [2.75, 3.05) is 6.26 Å². The second-order valence-electron chi connectivity index (χ2n) is 2.57. The maximum Gasteiger partial charge on any atom is 0.433 e. The monoisotopic (exact) mass is 236 g/mol. The first-order valence-electron chi connectivity index (χ1n) is 3.69. The molecule has 0 N–H and O–H groups in total. The Balaban J connectivity index is 3.30. The van der Waals surface area contributed by atoms with Crippen LogP contribution in [0.2, 0.25) is 0 Å². The minimum Gasteiger partial charge on any atom is -0.545 e. The molecule has 0 saturated heterocycles. The lowest BCUT2D eigenvalue weighted by Crippen LogP contribution is -2.23. The standard InChI is InChI=1S/C8H6F3NO2S/c1-15-6-3-4(7(13)14)2-5(12-6)8(9,10)11/h2-3H,1H3,(H,13,14)/p-1. The summed E-state index contributed by atoms with van der Waals surface area (Å²) in [6, 6.07) is 1.49. The normalized spacial score (nSPS) is 11.5. The predicted molar refractivity (Wildman–Crippen MR) is 45.4 cm³/mol. The van der Waals surface area contributed by atoms with Crippen LogP contribution < -0.4 is 5.11 Å². The highest BCUT2D eigenvalue weighted by Gasteiger charge is 2.33. The molecule has 0 amide bonds. The third kappa shape index (κ3) is 2.85. The summed E-state index contributed by atoms with van der Waals surface area (Å²) in [5.74, 6) is -1.65. The fourth-order valence-corrected chi connectivity index (χ4v) is 1.31. The zero-order valence-corrected chi connectivity index (χ0v) is 8.28. The Kier molecular flexibility index (Phi) is 3.23. The highest BCUT2D eigenvalue weighted by atomic mass is 32.2. The average molecular weight is 236 g/mol. The fraction of sp³-hybridized carbons (Fsp3) is 0.250. The summed E-state index contributed by atoms with van der Waals surface area (Å²) in [4.78, 5) is 13.7. The van der Waals surface area contributed by atoms with Crippen molar-refractivity contribution in [2.45, 2.75) is 11.2 Å². The van der Waals surface area contributed by atoms with Gasteiger partial charge >= 0.3 is 6.18 Å². The van der Waals surface area contributed by atoms with Gasteiger partial charge in [-0.15, -0.1) is 11.8 Å². The summed E-state index contributed by atoms with van der Waals surface area (Å²) in [5.41, 5.74) is -1.75. The second-order valence-corrected chi connectivity index (χ2v) is 3.40. The third-order valence-corrected chi connectivity index (χ3v) is 2.16. The van der Waals surface area contributed by atoms with Gasteiger partial charge in [0.1, 0.15) is 5.69 Å². The van der Waals surface area contributed by atoms with Gasteiger partial charge in [0.15, 0.2) is 0 Å². The van der Waals surface area contributed by atoms with Crippen molar-refractivity contribution in [1.29, 1.82) is 0 Å². The van der Waals surface area contributed by atoms with Crippen LogP contribution in [-0.4, -0.2) is 17.2 Å². The van der Waals surface area contributed by atoms with E-state index in [9.17, 15) is 23.1 Å². The number of aromatic carboxylic acids is 1. The van der Waals surface area contributed by atoms with E-state index in [0.29, 0.717) is 6.07 Å². The number of thioether (sulfide) groups is 1. The van der Waals surface area contributed by atoms with Gasteiger partial charge in [0.05, 0.1) is 11.0 Å². The minimum atomic E-state index is -4.66. The quantitative estimate of drug-likeness (QED) is 0.724. The van der Waals surface area contributed by atoms with Crippen molar-refractivity contribution in [3.8, 4) is 0 Å². The molecule has 1 aromatic heterocycles. The van der Waals surface area contributed by atoms with E-state index in [4.69, 9.17) is 0 Å². The maximum atomic E-state index is 12.3. The first-order chi connectivity index (χ1) is 6.84. The van der Waals surface area contributed by atoms with Crippen LogP contribution in [0.4, 0.5) is 13.2 Å². The van der Waals surface area contributed by atoms with E-state index in [1.165, 1.54) is 6.26 Å². The summed E-state index contributed by atoms with van der Waals surface area (Å²) < 4.78 is 36.8. The summed E-state index contributed by atoms with van der Waals surface area (Å²) in [5, 5.41) is 10.4. The van der Waals surface area contributed by atoms with Crippen LogP contribution >= 0.6 is 11.8 Å². The topological polar surface area (TPSA) is 53.0 Å². The molecule has 0 atom stereocenters. The summed E-state index contributed by atoms with van der Waals surface area (Å²) >= 11 is 0.928. The Morgan fingerprint density at radius 2 is 2.07 bits per heavy atom. The molecule has 1 rings (SSSR count). The highest BCUT2D eigenvalue weighted by Crippen LogP contribution is 2.29. The Morgan fingerprint density at radius 1 is 1.47 bits per heavy atom. The van der Waals surface area contributed by atoms with Crippen LogP contribution in [0.25, 0.3) is 0 Å². The number of pyridine rings is 1. The lowest BCUT2D eigenvalue weighted by atomic mass is 10.2. The molecule has 15 heavy (non-hydrogen) atoms. The Labute approximate surface area is 87.3 Å². The van der Waals surface area contributed by atoms with Gasteiger partial charge in [-0.1, -0.05) is 0 Å². The molecule has 3 nitrogen and oxygen atoms in total. The largest absolute Gasteiger partial charge is 0.545 e. The molecule has 0 aromatic carbocycles. The fourth-order valence-electron chi connectivity index (χ4n) is 0.873. The molecular weight excluding hydrogens is 231 g/mol. The molecule has 0 fully saturated rings. The Bertz CT molecular complexity index is 392. The van der Waals surface area contributed by atoms with Gasteiger partial charge in [0, 0.05) is 5.56 Å². The second kappa shape index (κ2) is 4.09. The molecule has 0 unspecified atom stereocenters. The van der Waals surface area contributed by atoms with Crippen molar-refractivity contribution < 1.29 is 23.1 Å². The minimum absolute atomic E-state index is 0.0102. The third-order valence-electron chi connectivity index (χ3n) is 1.54. The van der Waals surface area contributed by atoms with E-state index in [0.717, 1.165) is 17.8 Å². The van der Waals surface area contributed by atoms with Gasteiger partial charge in [0.2, 0.25) is 0 Å². The molecule has 0 radical (unpaired) electrons. The van der Waals surface area contributed by atoms with Gasteiger partial charge in [-0.2, -0.15) is 13.2 Å². The van der Waals surface area contributed by atoms with Crippen molar-refractivity contribution >= 4 is 17.7 Å². The number of alkyl halides is 3. The first-order valence-corrected chi connectivity index (χ1v) is 4.91. The summed E-state index contributed by atoms with van der Waals surface area (Å²) in [6.45, 7) is 0. The van der Waals surface area contributed by atoms with Crippen LogP contribution in [0, 0.1) is 0 Å². The lowest BCUT2D eigenvalue weighted by molar-refractivity contribution is -0.255. The van der Waals surface area contributed by atoms with Crippen molar-refractivity contribution in [2.24, 2.45) is 0 Å². The smallest absolute Gasteiger partial charge is 0.433 e. The number of carbonyl (C=O) groups is 1. The number of aromatic nitrogens is 1. The van der Waals surface area contributed by atoms with E-state index in [1.54, 1.807) is 0 Å². The van der Waals surface area contributed by atoms with Crippen LogP contribution in [0.5, 0.6) is 0 Å². The molecule has 7 heteroatoms. The Hall–Kier alpha value is -1.24. The number of carbonyl (C=O) groups excluding carboxylic acids is 1. The number of carboxylic acids is 1. The average Bonchev–Trinajstić information content (AvgIpc) is 2.15. The number of carboxylic acid groups (broad SMARTS) is 1. The first kappa shape index (κ1) is 11.8. The van der Waals surface area contributed by atoms with Gasteiger partial charge in [-0.25, -0.2) is 4.98 Å². The zero-order valence-electron chi connectivity index (χ0n) is 7.46. The molecule has 0 saturated carbocycles. The van der Waals surface area contributed by atoms with Crippen molar-refractivity contribution in [1.82, 2.24) is 4.98 Å². The number of hydrogen-bond donors (Lipinski definition) is 0. The highest BCUT2D eigenvalue weighted by molar-refractivity contribution is 7.98. The molecule has 1 heterocycles. The predicted octanol–water partition coefficient (Wildman–Crippen LogP) is 1.19. The number of rotatable bonds is 2. The molecule has 0 aliphatic carbocycles. The van der Waals surface area contributed by atoms with E-state index < -0.39 is 23.4 Å². The molecule has 82 valence electrons. The summed E-state index contributed by atoms with van der Waals surface area (Å²) in [7, 11) is 0. The zero-order chi connectivity index (χ0) is 11.6. The number of halogens is 3. The van der Waals surface area contributed by atoms with Crippen LogP contribution in [-0.2, 0) is 6.18 Å². The molecular formula is C8H5F3NO2S-. The van der Waals surface area contributed by atoms with Crippen LogP contribution in [0.15, 0.2) is 17.2 Å². The maximum absolute atomic E-state index is 12.3. The van der Waals surface area contributed by atoms with Gasteiger partial charge in [-0.3, -0.25) is 0 Å². The molecule has 0 aliphatic heterocycles. The Morgan fingerprint density at radius 3 is 2.47 bits per heavy atom. The molecule has 0 aliphatic rings. The molecule has 1 aromatic rings. The molecule has 0 spiro atoms. The van der Waals surface area contributed by atoms with Crippen LogP contribution in [0.3, 0.4) is 0 Å². The van der Waals surface area contributed by atoms with E-state index in [1.807, 2.05) is 0 Å². The van der Waals surface area contributed by atoms with E-state index in [2.05, 4.69) is 4.98 Å². The van der Waals surface area contributed by atoms with Gasteiger partial charge < -0.3 is 9.90 Å². The van der Waals surface area contributed by atoms with E-state index >= 15 is 0 Å².